The van der Waals surface area contributed by atoms with Crippen LogP contribution in [0.1, 0.15) is 15.9 Å². The Labute approximate surface area is 140 Å². The molecule has 0 fully saturated rings. The number of carbonyl (C=O) groups excluding carboxylic acids is 1. The topological polar surface area (TPSA) is 26.3 Å². The van der Waals surface area contributed by atoms with Crippen molar-refractivity contribution in [3.8, 4) is 5.75 Å². The third-order valence-electron chi connectivity index (χ3n) is 3.14. The van der Waals surface area contributed by atoms with E-state index in [1.54, 1.807) is 30.3 Å². The average Bonchev–Trinajstić information content (AvgIpc) is 2.46. The molecule has 0 saturated carbocycles. The first-order valence-electron chi connectivity index (χ1n) is 6.17. The van der Waals surface area contributed by atoms with Crippen LogP contribution in [0.4, 0.5) is 0 Å². The van der Waals surface area contributed by atoms with Gasteiger partial charge in [-0.3, -0.25) is 4.79 Å². The minimum atomic E-state index is -0.0655. The highest BCUT2D eigenvalue weighted by molar-refractivity contribution is 9.10. The standard InChI is InChI=1S/C16H9BrCl2O2/c17-12-3-1-9(2-4-12)15(20)11-5-10-6-13(18)7-14(19)16(10)21-8-11/h1-7H,8H2. The number of fused-ring (bicyclic) bond motifs is 1. The zero-order chi connectivity index (χ0) is 15.0. The third kappa shape index (κ3) is 3.00. The van der Waals surface area contributed by atoms with Gasteiger partial charge in [0.1, 0.15) is 12.4 Å². The van der Waals surface area contributed by atoms with Gasteiger partial charge in [-0.15, -0.1) is 0 Å². The molecule has 2 nitrogen and oxygen atoms in total. The fourth-order valence-corrected chi connectivity index (χ4v) is 2.96. The number of halogens is 3. The second-order valence-electron chi connectivity index (χ2n) is 4.60. The third-order valence-corrected chi connectivity index (χ3v) is 4.16. The fraction of sp³-hybridized carbons (Fsp3) is 0.0625. The zero-order valence-electron chi connectivity index (χ0n) is 10.7. The van der Waals surface area contributed by atoms with E-state index in [9.17, 15) is 4.79 Å². The quantitative estimate of drug-likeness (QED) is 0.647. The molecule has 21 heavy (non-hydrogen) atoms. The van der Waals surface area contributed by atoms with Gasteiger partial charge in [-0.25, -0.2) is 0 Å². The molecule has 0 aromatic heterocycles. The highest BCUT2D eigenvalue weighted by Crippen LogP contribution is 2.36. The molecule has 0 aliphatic carbocycles. The number of carbonyl (C=O) groups is 1. The molecule has 0 N–H and O–H groups in total. The summed E-state index contributed by atoms with van der Waals surface area (Å²) in [5.74, 6) is 0.498. The largest absolute Gasteiger partial charge is 0.487 e. The molecule has 0 atom stereocenters. The molecule has 0 radical (unpaired) electrons. The van der Waals surface area contributed by atoms with Crippen LogP contribution in [0.25, 0.3) is 6.08 Å². The monoisotopic (exact) mass is 382 g/mol. The smallest absolute Gasteiger partial charge is 0.192 e. The Hall–Kier alpha value is -1.29. The van der Waals surface area contributed by atoms with E-state index in [1.807, 2.05) is 12.1 Å². The van der Waals surface area contributed by atoms with E-state index in [-0.39, 0.29) is 12.4 Å². The summed E-state index contributed by atoms with van der Waals surface area (Å²) in [6.07, 6.45) is 1.78. The Morgan fingerprint density at radius 2 is 1.86 bits per heavy atom. The lowest BCUT2D eigenvalue weighted by molar-refractivity contribution is 0.102. The van der Waals surface area contributed by atoms with E-state index >= 15 is 0 Å². The van der Waals surface area contributed by atoms with E-state index in [0.717, 1.165) is 10.0 Å². The Morgan fingerprint density at radius 1 is 1.14 bits per heavy atom. The molecular weight excluding hydrogens is 375 g/mol. The van der Waals surface area contributed by atoms with Crippen molar-refractivity contribution in [3.63, 3.8) is 0 Å². The summed E-state index contributed by atoms with van der Waals surface area (Å²) in [5, 5.41) is 0.958. The summed E-state index contributed by atoms with van der Waals surface area (Å²) in [4.78, 5) is 12.5. The summed E-state index contributed by atoms with van der Waals surface area (Å²) >= 11 is 15.4. The summed E-state index contributed by atoms with van der Waals surface area (Å²) in [6, 6.07) is 10.6. The highest BCUT2D eigenvalue weighted by Gasteiger charge is 2.20. The molecule has 1 aliphatic heterocycles. The second-order valence-corrected chi connectivity index (χ2v) is 6.36. The van der Waals surface area contributed by atoms with Gasteiger partial charge in [-0.2, -0.15) is 0 Å². The normalized spacial score (nSPS) is 13.2. The molecule has 5 heteroatoms. The number of hydrogen-bond donors (Lipinski definition) is 0. The summed E-state index contributed by atoms with van der Waals surface area (Å²) in [6.45, 7) is 0.198. The molecule has 3 rings (SSSR count). The number of ether oxygens (including phenoxy) is 1. The van der Waals surface area contributed by atoms with Crippen molar-refractivity contribution < 1.29 is 9.53 Å². The predicted molar refractivity (Wildman–Crippen MR) is 88.4 cm³/mol. The molecule has 106 valence electrons. The van der Waals surface area contributed by atoms with Crippen LogP contribution in [0.5, 0.6) is 5.75 Å². The Bertz CT molecular complexity index is 752. The van der Waals surface area contributed by atoms with Crippen molar-refractivity contribution in [2.24, 2.45) is 0 Å². The van der Waals surface area contributed by atoms with Gasteiger partial charge in [-0.1, -0.05) is 39.1 Å². The SMILES string of the molecule is O=C(C1=Cc2cc(Cl)cc(Cl)c2OC1)c1ccc(Br)cc1. The summed E-state index contributed by atoms with van der Waals surface area (Å²) < 4.78 is 6.53. The first-order chi connectivity index (χ1) is 10.0. The summed E-state index contributed by atoms with van der Waals surface area (Å²) in [7, 11) is 0. The number of ketones is 1. The lowest BCUT2D eigenvalue weighted by Gasteiger charge is -2.18. The number of benzene rings is 2. The maximum absolute atomic E-state index is 12.5. The zero-order valence-corrected chi connectivity index (χ0v) is 13.8. The highest BCUT2D eigenvalue weighted by atomic mass is 79.9. The molecule has 0 unspecified atom stereocenters. The Balaban J connectivity index is 1.98. The van der Waals surface area contributed by atoms with Gasteiger partial charge in [0.05, 0.1) is 5.02 Å². The van der Waals surface area contributed by atoms with E-state index in [2.05, 4.69) is 15.9 Å². The van der Waals surface area contributed by atoms with Crippen LogP contribution in [0.2, 0.25) is 10.0 Å². The van der Waals surface area contributed by atoms with Crippen LogP contribution < -0.4 is 4.74 Å². The van der Waals surface area contributed by atoms with Crippen molar-refractivity contribution in [1.29, 1.82) is 0 Å². The summed E-state index contributed by atoms with van der Waals surface area (Å²) in [5.41, 5.74) is 1.91. The van der Waals surface area contributed by atoms with Crippen molar-refractivity contribution in [3.05, 3.63) is 67.6 Å². The van der Waals surface area contributed by atoms with Crippen molar-refractivity contribution >= 4 is 51.0 Å². The van der Waals surface area contributed by atoms with Gasteiger partial charge in [0.2, 0.25) is 0 Å². The maximum atomic E-state index is 12.5. The Morgan fingerprint density at radius 3 is 2.57 bits per heavy atom. The van der Waals surface area contributed by atoms with E-state index < -0.39 is 0 Å². The molecular formula is C16H9BrCl2O2. The van der Waals surface area contributed by atoms with Gasteiger partial charge in [0, 0.05) is 26.2 Å². The van der Waals surface area contributed by atoms with Crippen molar-refractivity contribution in [2.75, 3.05) is 6.61 Å². The lowest BCUT2D eigenvalue weighted by Crippen LogP contribution is -2.15. The molecule has 0 bridgehead atoms. The van der Waals surface area contributed by atoms with E-state index in [4.69, 9.17) is 27.9 Å². The van der Waals surface area contributed by atoms with Crippen LogP contribution in [-0.4, -0.2) is 12.4 Å². The van der Waals surface area contributed by atoms with Gasteiger partial charge in [0.25, 0.3) is 0 Å². The first kappa shape index (κ1) is 14.6. The van der Waals surface area contributed by atoms with Gasteiger partial charge >= 0.3 is 0 Å². The minimum absolute atomic E-state index is 0.0655. The number of rotatable bonds is 2. The maximum Gasteiger partial charge on any atom is 0.192 e. The molecule has 1 heterocycles. The predicted octanol–water partition coefficient (Wildman–Crippen LogP) is 5.41. The molecule has 1 aliphatic rings. The lowest BCUT2D eigenvalue weighted by atomic mass is 9.99. The Kier molecular flexibility index (Phi) is 4.07. The van der Waals surface area contributed by atoms with Gasteiger partial charge in [0.15, 0.2) is 5.78 Å². The molecule has 2 aromatic rings. The molecule has 2 aromatic carbocycles. The number of hydrogen-bond acceptors (Lipinski definition) is 2. The fourth-order valence-electron chi connectivity index (χ4n) is 2.14. The van der Waals surface area contributed by atoms with Crippen LogP contribution in [0.3, 0.4) is 0 Å². The van der Waals surface area contributed by atoms with Gasteiger partial charge in [-0.05, 0) is 42.5 Å². The van der Waals surface area contributed by atoms with Crippen LogP contribution in [0, 0.1) is 0 Å². The molecule has 0 amide bonds. The van der Waals surface area contributed by atoms with Crippen LogP contribution in [-0.2, 0) is 0 Å². The molecule has 0 saturated heterocycles. The average molecular weight is 384 g/mol. The van der Waals surface area contributed by atoms with E-state index in [0.29, 0.717) is 26.9 Å². The molecule has 0 spiro atoms. The number of Topliss-reactive ketones (excluding diaryl/α,β-unsaturated/α-hetero) is 1. The minimum Gasteiger partial charge on any atom is -0.487 e. The van der Waals surface area contributed by atoms with Crippen LogP contribution >= 0.6 is 39.1 Å². The first-order valence-corrected chi connectivity index (χ1v) is 7.72. The van der Waals surface area contributed by atoms with E-state index in [1.165, 1.54) is 0 Å². The van der Waals surface area contributed by atoms with Crippen LogP contribution in [0.15, 0.2) is 46.4 Å². The van der Waals surface area contributed by atoms with Crippen molar-refractivity contribution in [1.82, 2.24) is 0 Å². The second kappa shape index (κ2) is 5.84. The van der Waals surface area contributed by atoms with Crippen molar-refractivity contribution in [2.45, 2.75) is 0 Å². The van der Waals surface area contributed by atoms with Gasteiger partial charge < -0.3 is 4.74 Å².